The average molecular weight is 419 g/mol. The van der Waals surface area contributed by atoms with Gasteiger partial charge in [-0.15, -0.1) is 0 Å². The minimum absolute atomic E-state index is 0.301. The van der Waals surface area contributed by atoms with Gasteiger partial charge in [0.2, 0.25) is 15.9 Å². The minimum Gasteiger partial charge on any atom is -0.497 e. The first-order valence-electron chi connectivity index (χ1n) is 9.73. The number of amides is 1. The number of sulfonamides is 1. The van der Waals surface area contributed by atoms with Crippen LogP contribution in [0.25, 0.3) is 0 Å². The molecule has 0 aliphatic carbocycles. The van der Waals surface area contributed by atoms with E-state index in [2.05, 4.69) is 29.6 Å². The van der Waals surface area contributed by atoms with Gasteiger partial charge in [-0.2, -0.15) is 0 Å². The largest absolute Gasteiger partial charge is 0.497 e. The summed E-state index contributed by atoms with van der Waals surface area (Å²) in [5.74, 6) is 0.231. The fourth-order valence-electron chi connectivity index (χ4n) is 3.18. The van der Waals surface area contributed by atoms with Crippen molar-refractivity contribution in [2.45, 2.75) is 39.2 Å². The predicted molar refractivity (Wildman–Crippen MR) is 117 cm³/mol. The number of ether oxygens (including phenoxy) is 1. The normalized spacial score (nSPS) is 12.3. The van der Waals surface area contributed by atoms with Crippen LogP contribution in [0.3, 0.4) is 0 Å². The Kier molecular flexibility index (Phi) is 8.08. The molecule has 2 aromatic rings. The highest BCUT2D eigenvalue weighted by atomic mass is 32.2. The monoisotopic (exact) mass is 418 g/mol. The third-order valence-electron chi connectivity index (χ3n) is 4.70. The zero-order valence-electron chi connectivity index (χ0n) is 17.5. The average Bonchev–Trinajstić information content (AvgIpc) is 2.69. The standard InChI is InChI=1S/C22H30N2O4S/c1-5-21(22(25)23-15-7-8-18-13-11-17(2)12-14-18)24(29(4,26)27)19-9-6-10-20(16-19)28-3/h6,9-14,16,21H,5,7-8,15H2,1-4H3,(H,23,25)/t21-/m1/s1. The summed E-state index contributed by atoms with van der Waals surface area (Å²) in [6, 6.07) is 14.2. The van der Waals surface area contributed by atoms with Gasteiger partial charge >= 0.3 is 0 Å². The highest BCUT2D eigenvalue weighted by Gasteiger charge is 2.31. The number of anilines is 1. The first-order chi connectivity index (χ1) is 13.8. The molecule has 0 aliphatic heterocycles. The van der Waals surface area contributed by atoms with Crippen molar-refractivity contribution in [3.8, 4) is 5.75 Å². The van der Waals surface area contributed by atoms with Crippen molar-refractivity contribution in [3.05, 3.63) is 59.7 Å². The second kappa shape index (κ2) is 10.3. The highest BCUT2D eigenvalue weighted by molar-refractivity contribution is 7.92. The summed E-state index contributed by atoms with van der Waals surface area (Å²) in [6.45, 7) is 4.33. The Morgan fingerprint density at radius 2 is 1.86 bits per heavy atom. The van der Waals surface area contributed by atoms with E-state index in [0.29, 0.717) is 24.4 Å². The van der Waals surface area contributed by atoms with Crippen molar-refractivity contribution in [2.75, 3.05) is 24.2 Å². The lowest BCUT2D eigenvalue weighted by Crippen LogP contribution is -2.49. The molecule has 6 nitrogen and oxygen atoms in total. The minimum atomic E-state index is -3.66. The number of hydrogen-bond donors (Lipinski definition) is 1. The number of rotatable bonds is 10. The molecular weight excluding hydrogens is 388 g/mol. The fraction of sp³-hybridized carbons (Fsp3) is 0.409. The van der Waals surface area contributed by atoms with E-state index < -0.39 is 16.1 Å². The van der Waals surface area contributed by atoms with Gasteiger partial charge in [-0.3, -0.25) is 9.10 Å². The molecule has 0 heterocycles. The van der Waals surface area contributed by atoms with Crippen LogP contribution in [0.15, 0.2) is 48.5 Å². The van der Waals surface area contributed by atoms with Crippen LogP contribution in [0.1, 0.15) is 30.9 Å². The quantitative estimate of drug-likeness (QED) is 0.601. The summed E-state index contributed by atoms with van der Waals surface area (Å²) in [4.78, 5) is 12.8. The van der Waals surface area contributed by atoms with Crippen LogP contribution >= 0.6 is 0 Å². The van der Waals surface area contributed by atoms with Gasteiger partial charge in [0.1, 0.15) is 11.8 Å². The van der Waals surface area contributed by atoms with Crippen molar-refractivity contribution < 1.29 is 17.9 Å². The molecule has 1 atom stereocenters. The Hall–Kier alpha value is -2.54. The Morgan fingerprint density at radius 1 is 1.17 bits per heavy atom. The Balaban J connectivity index is 2.06. The maximum atomic E-state index is 12.8. The van der Waals surface area contributed by atoms with Crippen LogP contribution in [-0.2, 0) is 21.2 Å². The molecule has 1 amide bonds. The molecule has 0 saturated carbocycles. The first kappa shape index (κ1) is 22.7. The number of nitrogens with zero attached hydrogens (tertiary/aromatic N) is 1. The number of carbonyl (C=O) groups is 1. The molecule has 29 heavy (non-hydrogen) atoms. The SMILES string of the molecule is CC[C@H](C(=O)NCCCc1ccc(C)cc1)N(c1cccc(OC)c1)S(C)(=O)=O. The molecule has 0 aliphatic rings. The lowest BCUT2D eigenvalue weighted by Gasteiger charge is -2.30. The molecule has 158 valence electrons. The van der Waals surface area contributed by atoms with Gasteiger partial charge in [-0.05, 0) is 43.9 Å². The number of methoxy groups -OCH3 is 1. The van der Waals surface area contributed by atoms with Crippen molar-refractivity contribution in [1.82, 2.24) is 5.32 Å². The van der Waals surface area contributed by atoms with Crippen LogP contribution in [0.2, 0.25) is 0 Å². The number of nitrogens with one attached hydrogen (secondary N) is 1. The smallest absolute Gasteiger partial charge is 0.243 e. The van der Waals surface area contributed by atoms with E-state index in [1.165, 1.54) is 22.5 Å². The van der Waals surface area contributed by atoms with E-state index in [9.17, 15) is 13.2 Å². The Bertz CT molecular complexity index is 911. The van der Waals surface area contributed by atoms with Crippen molar-refractivity contribution in [2.24, 2.45) is 0 Å². The van der Waals surface area contributed by atoms with Gasteiger partial charge in [0, 0.05) is 12.6 Å². The molecule has 0 spiro atoms. The van der Waals surface area contributed by atoms with Gasteiger partial charge in [-0.25, -0.2) is 8.42 Å². The molecule has 7 heteroatoms. The summed E-state index contributed by atoms with van der Waals surface area (Å²) >= 11 is 0. The number of hydrogen-bond acceptors (Lipinski definition) is 4. The first-order valence-corrected chi connectivity index (χ1v) is 11.6. The van der Waals surface area contributed by atoms with Gasteiger partial charge in [0.15, 0.2) is 0 Å². The second-order valence-corrected chi connectivity index (χ2v) is 8.92. The van der Waals surface area contributed by atoms with Crippen LogP contribution in [-0.4, -0.2) is 40.3 Å². The molecule has 2 rings (SSSR count). The molecule has 0 unspecified atom stereocenters. The summed E-state index contributed by atoms with van der Waals surface area (Å²) < 4.78 is 31.3. The Morgan fingerprint density at radius 3 is 2.45 bits per heavy atom. The molecule has 0 saturated heterocycles. The zero-order valence-corrected chi connectivity index (χ0v) is 18.3. The number of benzene rings is 2. The van der Waals surface area contributed by atoms with Crippen molar-refractivity contribution in [1.29, 1.82) is 0 Å². The van der Waals surface area contributed by atoms with Gasteiger partial charge in [0.05, 0.1) is 19.1 Å². The fourth-order valence-corrected chi connectivity index (χ4v) is 4.39. The van der Waals surface area contributed by atoms with E-state index in [1.807, 2.05) is 6.92 Å². The third-order valence-corrected chi connectivity index (χ3v) is 5.88. The van der Waals surface area contributed by atoms with Gasteiger partial charge in [0.25, 0.3) is 0 Å². The molecule has 0 fully saturated rings. The molecule has 1 N–H and O–H groups in total. The number of aryl methyl sites for hydroxylation is 2. The van der Waals surface area contributed by atoms with Crippen LogP contribution in [0.4, 0.5) is 5.69 Å². The summed E-state index contributed by atoms with van der Waals surface area (Å²) in [5, 5.41) is 2.89. The topological polar surface area (TPSA) is 75.7 Å². The maximum Gasteiger partial charge on any atom is 0.243 e. The second-order valence-electron chi connectivity index (χ2n) is 7.06. The highest BCUT2D eigenvalue weighted by Crippen LogP contribution is 2.26. The van der Waals surface area contributed by atoms with E-state index in [4.69, 9.17) is 4.74 Å². The van der Waals surface area contributed by atoms with E-state index in [0.717, 1.165) is 19.1 Å². The molecule has 0 aromatic heterocycles. The van der Waals surface area contributed by atoms with E-state index in [-0.39, 0.29) is 5.91 Å². The lowest BCUT2D eigenvalue weighted by atomic mass is 10.1. The molecule has 2 aromatic carbocycles. The van der Waals surface area contributed by atoms with E-state index in [1.54, 1.807) is 31.2 Å². The maximum absolute atomic E-state index is 12.8. The van der Waals surface area contributed by atoms with Crippen molar-refractivity contribution >= 4 is 21.6 Å². The predicted octanol–water partition coefficient (Wildman–Crippen LogP) is 3.30. The molecule has 0 bridgehead atoms. The summed E-state index contributed by atoms with van der Waals surface area (Å²) in [7, 11) is -2.14. The lowest BCUT2D eigenvalue weighted by molar-refractivity contribution is -0.122. The third kappa shape index (κ3) is 6.49. The molecular formula is C22H30N2O4S. The number of carbonyl (C=O) groups excluding carboxylic acids is 1. The van der Waals surface area contributed by atoms with E-state index >= 15 is 0 Å². The van der Waals surface area contributed by atoms with Crippen molar-refractivity contribution in [3.63, 3.8) is 0 Å². The van der Waals surface area contributed by atoms with Crippen LogP contribution < -0.4 is 14.4 Å². The summed E-state index contributed by atoms with van der Waals surface area (Å²) in [5.41, 5.74) is 2.84. The van der Waals surface area contributed by atoms with Gasteiger partial charge < -0.3 is 10.1 Å². The summed E-state index contributed by atoms with van der Waals surface area (Å²) in [6.07, 6.45) is 3.10. The molecule has 0 radical (unpaired) electrons. The van der Waals surface area contributed by atoms with Crippen LogP contribution in [0.5, 0.6) is 5.75 Å². The Labute approximate surface area is 173 Å². The van der Waals surface area contributed by atoms with Gasteiger partial charge in [-0.1, -0.05) is 42.8 Å². The van der Waals surface area contributed by atoms with Crippen LogP contribution in [0, 0.1) is 6.92 Å². The zero-order chi connectivity index (χ0) is 21.4.